The van der Waals surface area contributed by atoms with Crippen LogP contribution in [0.15, 0.2) is 0 Å². The average molecular weight is 239 g/mol. The van der Waals surface area contributed by atoms with Gasteiger partial charge in [0.05, 0.1) is 0 Å². The maximum atomic E-state index is 4.02. The summed E-state index contributed by atoms with van der Waals surface area (Å²) in [6, 6.07) is 1.73. The molecule has 0 aromatic carbocycles. The Morgan fingerprint density at radius 1 is 1.06 bits per heavy atom. The molecule has 3 aliphatic carbocycles. The highest BCUT2D eigenvalue weighted by molar-refractivity contribution is 7.99. The Morgan fingerprint density at radius 3 is 2.69 bits per heavy atom. The number of hydrogen-bond acceptors (Lipinski definition) is 2. The lowest BCUT2D eigenvalue weighted by molar-refractivity contribution is 0.320. The molecule has 1 N–H and O–H groups in total. The fraction of sp³-hybridized carbons (Fsp3) is 1.00. The van der Waals surface area contributed by atoms with Gasteiger partial charge < -0.3 is 5.32 Å². The van der Waals surface area contributed by atoms with E-state index in [4.69, 9.17) is 0 Å². The summed E-state index contributed by atoms with van der Waals surface area (Å²) in [5.74, 6) is 3.42. The summed E-state index contributed by atoms with van der Waals surface area (Å²) >= 11 is 2.19. The molecule has 0 saturated heterocycles. The van der Waals surface area contributed by atoms with Crippen molar-refractivity contribution in [1.29, 1.82) is 0 Å². The third-order valence-corrected chi connectivity index (χ3v) is 6.33. The van der Waals surface area contributed by atoms with Crippen LogP contribution in [-0.4, -0.2) is 23.1 Å². The Balaban J connectivity index is 1.54. The van der Waals surface area contributed by atoms with Crippen LogP contribution in [0.2, 0.25) is 0 Å². The van der Waals surface area contributed by atoms with Crippen molar-refractivity contribution >= 4 is 11.8 Å². The Bertz CT molecular complexity index is 243. The van der Waals surface area contributed by atoms with Crippen molar-refractivity contribution in [1.82, 2.24) is 5.32 Å². The van der Waals surface area contributed by atoms with Gasteiger partial charge in [0.25, 0.3) is 0 Å². The molecular formula is C14H25NS. The summed E-state index contributed by atoms with van der Waals surface area (Å²) in [5.41, 5.74) is 0. The van der Waals surface area contributed by atoms with Gasteiger partial charge in [-0.2, -0.15) is 11.8 Å². The van der Waals surface area contributed by atoms with Gasteiger partial charge in [0.2, 0.25) is 0 Å². The molecule has 0 aliphatic heterocycles. The van der Waals surface area contributed by atoms with Gasteiger partial charge in [-0.3, -0.25) is 0 Å². The molecule has 2 heteroatoms. The van der Waals surface area contributed by atoms with E-state index in [1.165, 1.54) is 50.7 Å². The maximum Gasteiger partial charge on any atom is 0.0201 e. The highest BCUT2D eigenvalue weighted by atomic mass is 32.2. The quantitative estimate of drug-likeness (QED) is 0.806. The van der Waals surface area contributed by atoms with Gasteiger partial charge in [0.1, 0.15) is 0 Å². The minimum absolute atomic E-state index is 0.842. The molecule has 3 fully saturated rings. The molecule has 2 bridgehead atoms. The van der Waals surface area contributed by atoms with Gasteiger partial charge in [-0.15, -0.1) is 0 Å². The van der Waals surface area contributed by atoms with Crippen LogP contribution in [0.25, 0.3) is 0 Å². The molecule has 5 unspecified atom stereocenters. The van der Waals surface area contributed by atoms with Crippen LogP contribution >= 0.6 is 11.8 Å². The Hall–Kier alpha value is 0.310. The zero-order valence-corrected chi connectivity index (χ0v) is 11.3. The van der Waals surface area contributed by atoms with E-state index in [2.05, 4.69) is 24.0 Å². The van der Waals surface area contributed by atoms with Gasteiger partial charge in [-0.05, 0) is 49.7 Å². The monoisotopic (exact) mass is 239 g/mol. The Labute approximate surface area is 104 Å². The fourth-order valence-corrected chi connectivity index (χ4v) is 5.46. The minimum atomic E-state index is 0.842. The van der Waals surface area contributed by atoms with Crippen LogP contribution in [-0.2, 0) is 0 Å². The van der Waals surface area contributed by atoms with Gasteiger partial charge in [-0.1, -0.05) is 19.8 Å². The van der Waals surface area contributed by atoms with Gasteiger partial charge >= 0.3 is 0 Å². The Kier molecular flexibility index (Phi) is 3.49. The second kappa shape index (κ2) is 4.89. The smallest absolute Gasteiger partial charge is 0.0201 e. The SMILES string of the molecule is CCSC1CCCC1NC1CC2CCC1C2. The lowest BCUT2D eigenvalue weighted by Gasteiger charge is -2.29. The molecule has 1 nitrogen and oxygen atoms in total. The summed E-state index contributed by atoms with van der Waals surface area (Å²) in [6.45, 7) is 2.30. The molecular weight excluding hydrogens is 214 g/mol. The highest BCUT2D eigenvalue weighted by Gasteiger charge is 2.41. The Morgan fingerprint density at radius 2 is 2.00 bits per heavy atom. The molecule has 16 heavy (non-hydrogen) atoms. The molecule has 3 rings (SSSR count). The summed E-state index contributed by atoms with van der Waals surface area (Å²) in [7, 11) is 0. The van der Waals surface area contributed by atoms with E-state index in [0.29, 0.717) is 0 Å². The van der Waals surface area contributed by atoms with Crippen LogP contribution in [0.3, 0.4) is 0 Å². The van der Waals surface area contributed by atoms with Gasteiger partial charge in [-0.25, -0.2) is 0 Å². The van der Waals surface area contributed by atoms with Gasteiger partial charge in [0, 0.05) is 17.3 Å². The van der Waals surface area contributed by atoms with Crippen molar-refractivity contribution in [2.45, 2.75) is 69.2 Å². The zero-order chi connectivity index (χ0) is 11.0. The van der Waals surface area contributed by atoms with Crippen molar-refractivity contribution in [2.75, 3.05) is 5.75 Å². The van der Waals surface area contributed by atoms with Crippen LogP contribution in [0, 0.1) is 11.8 Å². The third kappa shape index (κ3) is 2.15. The molecule has 0 heterocycles. The third-order valence-electron chi connectivity index (χ3n) is 5.00. The van der Waals surface area contributed by atoms with Crippen molar-refractivity contribution in [2.24, 2.45) is 11.8 Å². The number of rotatable bonds is 4. The fourth-order valence-electron chi connectivity index (χ4n) is 4.25. The number of fused-ring (bicyclic) bond motifs is 2. The first-order chi connectivity index (χ1) is 7.86. The second-order valence-corrected chi connectivity index (χ2v) is 7.50. The molecule has 5 atom stereocenters. The lowest BCUT2D eigenvalue weighted by Crippen LogP contribution is -2.44. The predicted molar refractivity (Wildman–Crippen MR) is 71.9 cm³/mol. The minimum Gasteiger partial charge on any atom is -0.310 e. The summed E-state index contributed by atoms with van der Waals surface area (Å²) < 4.78 is 0. The van der Waals surface area contributed by atoms with E-state index in [9.17, 15) is 0 Å². The standard InChI is InChI=1S/C14H25NS/c1-2-16-14-5-3-4-12(14)15-13-9-10-6-7-11(13)8-10/h10-15H,2-9H2,1H3. The summed E-state index contributed by atoms with van der Waals surface area (Å²) in [6.07, 6.45) is 10.4. The molecule has 0 spiro atoms. The first-order valence-corrected chi connectivity index (χ1v) is 8.29. The van der Waals surface area contributed by atoms with E-state index in [-0.39, 0.29) is 0 Å². The summed E-state index contributed by atoms with van der Waals surface area (Å²) in [5, 5.41) is 4.94. The molecule has 3 saturated carbocycles. The molecule has 0 aromatic rings. The number of thioether (sulfide) groups is 1. The molecule has 0 amide bonds. The van der Waals surface area contributed by atoms with Crippen LogP contribution in [0.1, 0.15) is 51.9 Å². The lowest BCUT2D eigenvalue weighted by atomic mass is 9.94. The molecule has 0 radical (unpaired) electrons. The summed E-state index contributed by atoms with van der Waals surface area (Å²) in [4.78, 5) is 0. The van der Waals surface area contributed by atoms with Crippen molar-refractivity contribution < 1.29 is 0 Å². The normalized spacial score (nSPS) is 46.7. The van der Waals surface area contributed by atoms with E-state index < -0.39 is 0 Å². The number of hydrogen-bond donors (Lipinski definition) is 1. The zero-order valence-electron chi connectivity index (χ0n) is 10.5. The van der Waals surface area contributed by atoms with Gasteiger partial charge in [0.15, 0.2) is 0 Å². The topological polar surface area (TPSA) is 12.0 Å². The van der Waals surface area contributed by atoms with Crippen molar-refractivity contribution in [3.05, 3.63) is 0 Å². The second-order valence-electron chi connectivity index (χ2n) is 5.98. The highest BCUT2D eigenvalue weighted by Crippen LogP contribution is 2.45. The predicted octanol–water partition coefficient (Wildman–Crippen LogP) is 3.44. The van der Waals surface area contributed by atoms with E-state index >= 15 is 0 Å². The van der Waals surface area contributed by atoms with Crippen molar-refractivity contribution in [3.8, 4) is 0 Å². The first-order valence-electron chi connectivity index (χ1n) is 7.24. The molecule has 3 aliphatic rings. The van der Waals surface area contributed by atoms with Crippen LogP contribution < -0.4 is 5.32 Å². The molecule has 92 valence electrons. The average Bonchev–Trinajstić information content (AvgIpc) is 2.96. The first kappa shape index (κ1) is 11.4. The maximum absolute atomic E-state index is 4.02. The van der Waals surface area contributed by atoms with E-state index in [0.717, 1.165) is 29.2 Å². The van der Waals surface area contributed by atoms with E-state index in [1.807, 2.05) is 0 Å². The van der Waals surface area contributed by atoms with E-state index in [1.54, 1.807) is 0 Å². The van der Waals surface area contributed by atoms with Crippen molar-refractivity contribution in [3.63, 3.8) is 0 Å². The molecule has 0 aromatic heterocycles. The van der Waals surface area contributed by atoms with Crippen LogP contribution in [0.5, 0.6) is 0 Å². The van der Waals surface area contributed by atoms with Crippen LogP contribution in [0.4, 0.5) is 0 Å². The largest absolute Gasteiger partial charge is 0.310 e. The number of nitrogens with one attached hydrogen (secondary N) is 1.